The Morgan fingerprint density at radius 3 is 2.61 bits per heavy atom. The largest absolute Gasteiger partial charge is 0.393 e. The van der Waals surface area contributed by atoms with Gasteiger partial charge in [-0.1, -0.05) is 0 Å². The van der Waals surface area contributed by atoms with E-state index in [4.69, 9.17) is 9.84 Å². The van der Waals surface area contributed by atoms with E-state index in [-0.39, 0.29) is 17.8 Å². The Bertz CT molecular complexity index is 600. The number of aliphatic hydroxyl groups excluding tert-OH is 1. The van der Waals surface area contributed by atoms with Crippen molar-refractivity contribution in [3.8, 4) is 0 Å². The number of ether oxygens (including phenoxy) is 1. The molecule has 2 heterocycles. The van der Waals surface area contributed by atoms with Gasteiger partial charge >= 0.3 is 5.69 Å². The number of aliphatic hydroxyl groups is 1. The summed E-state index contributed by atoms with van der Waals surface area (Å²) in [5.41, 5.74) is -0.662. The van der Waals surface area contributed by atoms with E-state index in [1.54, 1.807) is 0 Å². The van der Waals surface area contributed by atoms with E-state index >= 15 is 0 Å². The van der Waals surface area contributed by atoms with Gasteiger partial charge in [0.2, 0.25) is 0 Å². The molecule has 0 bridgehead atoms. The molecule has 2 atom stereocenters. The first-order valence-electron chi connectivity index (χ1n) is 5.51. The fourth-order valence-corrected chi connectivity index (χ4v) is 2.02. The minimum Gasteiger partial charge on any atom is -0.393 e. The zero-order valence-corrected chi connectivity index (χ0v) is 10.1. The van der Waals surface area contributed by atoms with Crippen LogP contribution in [0.15, 0.2) is 15.8 Å². The summed E-state index contributed by atoms with van der Waals surface area (Å²) in [5, 5.41) is 8.94. The van der Waals surface area contributed by atoms with Crippen molar-refractivity contribution in [3.05, 3.63) is 32.6 Å². The molecule has 1 aromatic rings. The molecule has 0 saturated carbocycles. The smallest absolute Gasteiger partial charge is 0.330 e. The average molecular weight is 254 g/mol. The molecular weight excluding hydrogens is 240 g/mol. The predicted octanol–water partition coefficient (Wildman–Crippen LogP) is -1.52. The Kier molecular flexibility index (Phi) is 3.18. The third-order valence-electron chi connectivity index (χ3n) is 3.06. The molecule has 0 unspecified atom stereocenters. The molecule has 0 spiro atoms. The number of carbonyl (C=O) groups is 1. The molecule has 0 aliphatic carbocycles. The molecule has 1 saturated heterocycles. The molecule has 0 aromatic carbocycles. The van der Waals surface area contributed by atoms with E-state index < -0.39 is 30.1 Å². The van der Waals surface area contributed by atoms with E-state index in [1.165, 1.54) is 24.9 Å². The van der Waals surface area contributed by atoms with Crippen LogP contribution in [0.3, 0.4) is 0 Å². The molecule has 1 fully saturated rings. The average Bonchev–Trinajstić information content (AvgIpc) is 2.72. The maximum absolute atomic E-state index is 11.9. The molecule has 1 N–H and O–H groups in total. The van der Waals surface area contributed by atoms with Crippen LogP contribution in [0.5, 0.6) is 0 Å². The first-order chi connectivity index (χ1) is 8.45. The quantitative estimate of drug-likeness (QED) is 0.692. The van der Waals surface area contributed by atoms with Crippen LogP contribution < -0.4 is 11.2 Å². The van der Waals surface area contributed by atoms with Gasteiger partial charge in [0.25, 0.3) is 5.56 Å². The first kappa shape index (κ1) is 12.7. The predicted molar refractivity (Wildman–Crippen MR) is 61.2 cm³/mol. The summed E-state index contributed by atoms with van der Waals surface area (Å²) in [6.45, 7) is -0.401. The second-order valence-corrected chi connectivity index (χ2v) is 4.31. The zero-order valence-electron chi connectivity index (χ0n) is 10.1. The number of hydrogen-bond donors (Lipinski definition) is 1. The molecule has 1 aromatic heterocycles. The third kappa shape index (κ3) is 1.91. The summed E-state index contributed by atoms with van der Waals surface area (Å²) >= 11 is 0. The lowest BCUT2D eigenvalue weighted by Gasteiger charge is -2.12. The summed E-state index contributed by atoms with van der Waals surface area (Å²) < 4.78 is 7.54. The van der Waals surface area contributed by atoms with Crippen molar-refractivity contribution in [2.24, 2.45) is 14.1 Å². The number of rotatable bonds is 2. The van der Waals surface area contributed by atoms with Crippen LogP contribution in [-0.2, 0) is 23.6 Å². The van der Waals surface area contributed by atoms with Gasteiger partial charge in [-0.15, -0.1) is 0 Å². The van der Waals surface area contributed by atoms with Gasteiger partial charge in [-0.25, -0.2) is 4.79 Å². The van der Waals surface area contributed by atoms with Crippen molar-refractivity contribution in [3.63, 3.8) is 0 Å². The number of Topliss-reactive ketones (excluding diaryl/α,β-unsaturated/α-hetero) is 1. The van der Waals surface area contributed by atoms with Crippen molar-refractivity contribution in [1.82, 2.24) is 9.13 Å². The number of ketones is 1. The highest BCUT2D eigenvalue weighted by Crippen LogP contribution is 2.27. The van der Waals surface area contributed by atoms with Crippen LogP contribution in [0.25, 0.3) is 0 Å². The second kappa shape index (κ2) is 4.51. The molecule has 1 aliphatic heterocycles. The molecule has 7 nitrogen and oxygen atoms in total. The Morgan fingerprint density at radius 2 is 2.06 bits per heavy atom. The highest BCUT2D eigenvalue weighted by molar-refractivity contribution is 5.85. The third-order valence-corrected chi connectivity index (χ3v) is 3.06. The SMILES string of the molecule is Cn1cc([C@H]2CC(=O)[C@@H](CO)O2)c(=O)n(C)c1=O. The lowest BCUT2D eigenvalue weighted by Crippen LogP contribution is -2.39. The van der Waals surface area contributed by atoms with Crippen molar-refractivity contribution < 1.29 is 14.6 Å². The van der Waals surface area contributed by atoms with Crippen molar-refractivity contribution >= 4 is 5.78 Å². The van der Waals surface area contributed by atoms with Crippen LogP contribution in [0.4, 0.5) is 0 Å². The molecule has 1 aliphatic rings. The van der Waals surface area contributed by atoms with Gasteiger partial charge in [-0.05, 0) is 0 Å². The minimum atomic E-state index is -0.878. The lowest BCUT2D eigenvalue weighted by atomic mass is 10.1. The van der Waals surface area contributed by atoms with Crippen LogP contribution in [0, 0.1) is 0 Å². The van der Waals surface area contributed by atoms with Gasteiger partial charge in [-0.3, -0.25) is 14.2 Å². The molecular formula is C11H14N2O5. The van der Waals surface area contributed by atoms with Crippen LogP contribution in [0.2, 0.25) is 0 Å². The van der Waals surface area contributed by atoms with Crippen molar-refractivity contribution in [1.29, 1.82) is 0 Å². The summed E-state index contributed by atoms with van der Waals surface area (Å²) in [7, 11) is 2.89. The van der Waals surface area contributed by atoms with Gasteiger partial charge < -0.3 is 14.4 Å². The molecule has 98 valence electrons. The molecule has 18 heavy (non-hydrogen) atoms. The maximum Gasteiger partial charge on any atom is 0.330 e. The van der Waals surface area contributed by atoms with Gasteiger partial charge in [0.15, 0.2) is 5.78 Å². The van der Waals surface area contributed by atoms with E-state index in [0.29, 0.717) is 0 Å². The van der Waals surface area contributed by atoms with Crippen molar-refractivity contribution in [2.75, 3.05) is 6.61 Å². The van der Waals surface area contributed by atoms with Gasteiger partial charge in [-0.2, -0.15) is 0 Å². The summed E-state index contributed by atoms with van der Waals surface area (Å²) in [4.78, 5) is 34.9. The fourth-order valence-electron chi connectivity index (χ4n) is 2.02. The normalized spacial score (nSPS) is 23.6. The first-order valence-corrected chi connectivity index (χ1v) is 5.51. The monoisotopic (exact) mass is 254 g/mol. The van der Waals surface area contributed by atoms with Crippen molar-refractivity contribution in [2.45, 2.75) is 18.6 Å². The van der Waals surface area contributed by atoms with Crippen LogP contribution >= 0.6 is 0 Å². The van der Waals surface area contributed by atoms with Gasteiger partial charge in [0.1, 0.15) is 6.10 Å². The number of nitrogens with zero attached hydrogens (tertiary/aromatic N) is 2. The second-order valence-electron chi connectivity index (χ2n) is 4.31. The minimum absolute atomic E-state index is 0.0403. The Hall–Kier alpha value is -1.73. The van der Waals surface area contributed by atoms with E-state index in [0.717, 1.165) is 4.57 Å². The Labute approximate surface area is 102 Å². The van der Waals surface area contributed by atoms with E-state index in [9.17, 15) is 14.4 Å². The van der Waals surface area contributed by atoms with Gasteiger partial charge in [0.05, 0.1) is 18.3 Å². The van der Waals surface area contributed by atoms with Crippen LogP contribution in [0.1, 0.15) is 18.1 Å². The topological polar surface area (TPSA) is 90.5 Å². The summed E-state index contributed by atoms with van der Waals surface area (Å²) in [5.74, 6) is -0.238. The Morgan fingerprint density at radius 1 is 1.39 bits per heavy atom. The molecule has 7 heteroatoms. The Balaban J connectivity index is 2.45. The number of hydrogen-bond acceptors (Lipinski definition) is 5. The van der Waals surface area contributed by atoms with E-state index in [2.05, 4.69) is 0 Å². The summed E-state index contributed by atoms with van der Waals surface area (Å²) in [6, 6.07) is 0. The lowest BCUT2D eigenvalue weighted by molar-refractivity contribution is -0.124. The number of aryl methyl sites for hydroxylation is 1. The number of aromatic nitrogens is 2. The highest BCUT2D eigenvalue weighted by Gasteiger charge is 2.35. The molecule has 0 radical (unpaired) electrons. The highest BCUT2D eigenvalue weighted by atomic mass is 16.5. The maximum atomic E-state index is 11.9. The molecule has 0 amide bonds. The summed E-state index contributed by atoms with van der Waals surface area (Å²) in [6.07, 6.45) is -0.154. The standard InChI is InChI=1S/C11H14N2O5/c1-12-4-6(10(16)13(2)11(12)17)8-3-7(15)9(5-14)18-8/h4,8-9,14H,3,5H2,1-2H3/t8-,9-/m1/s1. The zero-order chi connectivity index (χ0) is 13.4. The number of carbonyl (C=O) groups excluding carboxylic acids is 1. The van der Waals surface area contributed by atoms with Crippen LogP contribution in [-0.4, -0.2) is 32.7 Å². The fraction of sp³-hybridized carbons (Fsp3) is 0.545. The van der Waals surface area contributed by atoms with E-state index in [1.807, 2.05) is 0 Å². The van der Waals surface area contributed by atoms with Gasteiger partial charge in [0, 0.05) is 26.7 Å². The molecule has 2 rings (SSSR count).